The molecule has 0 fully saturated rings. The summed E-state index contributed by atoms with van der Waals surface area (Å²) in [4.78, 5) is 19.9. The summed E-state index contributed by atoms with van der Waals surface area (Å²) >= 11 is 1.65. The van der Waals surface area contributed by atoms with Crippen LogP contribution in [-0.2, 0) is 12.8 Å². The Morgan fingerprint density at radius 2 is 2.00 bits per heavy atom. The van der Waals surface area contributed by atoms with Gasteiger partial charge in [-0.15, -0.1) is 16.4 Å². The van der Waals surface area contributed by atoms with Gasteiger partial charge >= 0.3 is 0 Å². The zero-order valence-corrected chi connectivity index (χ0v) is 13.7. The number of nitrogens with one attached hydrogen (secondary N) is 2. The summed E-state index contributed by atoms with van der Waals surface area (Å²) in [7, 11) is 0. The molecular weight excluding hydrogens is 322 g/mol. The van der Waals surface area contributed by atoms with E-state index in [1.54, 1.807) is 11.3 Å². The molecule has 2 N–H and O–H groups in total. The second-order valence-electron chi connectivity index (χ2n) is 6.01. The minimum absolute atomic E-state index is 0.0402. The fourth-order valence-electron chi connectivity index (χ4n) is 3.36. The second-order valence-corrected chi connectivity index (χ2v) is 7.09. The molecule has 24 heavy (non-hydrogen) atoms. The normalized spacial score (nSPS) is 14.2. The van der Waals surface area contributed by atoms with Crippen molar-refractivity contribution in [2.45, 2.75) is 25.7 Å². The van der Waals surface area contributed by atoms with Crippen molar-refractivity contribution in [1.29, 1.82) is 0 Å². The highest BCUT2D eigenvalue weighted by Crippen LogP contribution is 2.34. The molecule has 7 heteroatoms. The maximum atomic E-state index is 13.1. The third kappa shape index (κ3) is 1.98. The number of rotatable bonds is 2. The summed E-state index contributed by atoms with van der Waals surface area (Å²) < 4.78 is 1.54. The van der Waals surface area contributed by atoms with Crippen molar-refractivity contribution < 1.29 is 0 Å². The zero-order chi connectivity index (χ0) is 16.1. The lowest BCUT2D eigenvalue weighted by atomic mass is 9.97. The summed E-state index contributed by atoms with van der Waals surface area (Å²) in [5.74, 6) is 0.941. The van der Waals surface area contributed by atoms with Crippen molar-refractivity contribution in [3.05, 3.63) is 51.1 Å². The summed E-state index contributed by atoms with van der Waals surface area (Å²) in [5, 5.41) is 11.1. The highest BCUT2D eigenvalue weighted by molar-refractivity contribution is 7.18. The van der Waals surface area contributed by atoms with Gasteiger partial charge in [0.1, 0.15) is 4.83 Å². The lowest BCUT2D eigenvalue weighted by molar-refractivity contribution is 0.700. The number of para-hydroxylation sites is 1. The highest BCUT2D eigenvalue weighted by atomic mass is 32.1. The minimum atomic E-state index is -0.0402. The molecule has 0 saturated heterocycles. The number of hydrogen-bond donors (Lipinski definition) is 2. The van der Waals surface area contributed by atoms with Crippen LogP contribution in [0.4, 0.5) is 11.6 Å². The Bertz CT molecular complexity index is 1110. The molecule has 3 aromatic heterocycles. The lowest BCUT2D eigenvalue weighted by Crippen LogP contribution is -2.17. The van der Waals surface area contributed by atoms with Crippen LogP contribution in [-0.4, -0.2) is 19.6 Å². The number of aromatic amines is 1. The van der Waals surface area contributed by atoms with E-state index in [4.69, 9.17) is 0 Å². The first-order valence-corrected chi connectivity index (χ1v) is 8.86. The Morgan fingerprint density at radius 3 is 2.88 bits per heavy atom. The second kappa shape index (κ2) is 5.17. The van der Waals surface area contributed by atoms with Crippen molar-refractivity contribution >= 4 is 39.0 Å². The Kier molecular flexibility index (Phi) is 2.96. The molecule has 0 bridgehead atoms. The number of thiophene rings is 1. The molecule has 0 atom stereocenters. The van der Waals surface area contributed by atoms with Gasteiger partial charge in [0, 0.05) is 10.6 Å². The molecule has 1 aliphatic carbocycles. The molecule has 6 nitrogen and oxygen atoms in total. The molecule has 5 rings (SSSR count). The van der Waals surface area contributed by atoms with Crippen LogP contribution in [0.2, 0.25) is 0 Å². The molecule has 0 amide bonds. The predicted molar refractivity (Wildman–Crippen MR) is 95.4 cm³/mol. The molecule has 0 unspecified atom stereocenters. The predicted octanol–water partition coefficient (Wildman–Crippen LogP) is 3.25. The highest BCUT2D eigenvalue weighted by Gasteiger charge is 2.22. The van der Waals surface area contributed by atoms with Gasteiger partial charge in [0.05, 0.1) is 5.39 Å². The van der Waals surface area contributed by atoms with E-state index in [9.17, 15) is 4.79 Å². The Balaban J connectivity index is 1.74. The van der Waals surface area contributed by atoms with Crippen molar-refractivity contribution in [2.24, 2.45) is 0 Å². The molecule has 3 heterocycles. The number of anilines is 2. The van der Waals surface area contributed by atoms with Gasteiger partial charge in [-0.05, 0) is 43.4 Å². The van der Waals surface area contributed by atoms with E-state index >= 15 is 0 Å². The van der Waals surface area contributed by atoms with Crippen LogP contribution in [0, 0.1) is 0 Å². The van der Waals surface area contributed by atoms with Gasteiger partial charge < -0.3 is 5.32 Å². The molecule has 120 valence electrons. The number of nitrogens with zero attached hydrogens (tertiary/aromatic N) is 3. The van der Waals surface area contributed by atoms with Gasteiger partial charge in [0.25, 0.3) is 5.56 Å². The van der Waals surface area contributed by atoms with E-state index < -0.39 is 0 Å². The van der Waals surface area contributed by atoms with Gasteiger partial charge in [-0.1, -0.05) is 18.2 Å². The van der Waals surface area contributed by atoms with Crippen LogP contribution < -0.4 is 10.9 Å². The fraction of sp³-hybridized carbons (Fsp3) is 0.235. The molecular formula is C17H15N5OS. The van der Waals surface area contributed by atoms with E-state index in [2.05, 4.69) is 20.5 Å². The minimum Gasteiger partial charge on any atom is -0.324 e. The van der Waals surface area contributed by atoms with Crippen LogP contribution in [0.5, 0.6) is 0 Å². The van der Waals surface area contributed by atoms with Crippen LogP contribution in [0.15, 0.2) is 35.1 Å². The third-order valence-corrected chi connectivity index (χ3v) is 5.68. The van der Waals surface area contributed by atoms with Gasteiger partial charge in [-0.2, -0.15) is 0 Å². The fourth-order valence-corrected chi connectivity index (χ4v) is 4.62. The lowest BCUT2D eigenvalue weighted by Gasteiger charge is -2.09. The SMILES string of the molecule is O=c1c2c3c(sc2nc2[nH]nc(Nc4ccccc4)n12)CCCC3. The molecule has 0 saturated carbocycles. The first-order chi connectivity index (χ1) is 11.8. The molecule has 1 aromatic carbocycles. The standard InChI is InChI=1S/C17H15N5OS/c23-15-13-11-8-4-5-9-12(11)24-14(13)19-17-21-20-16(22(15)17)18-10-6-2-1-3-7-10/h1-3,6-7H,4-5,8-9H2,(H,18,20)(H,19,21). The smallest absolute Gasteiger partial charge is 0.271 e. The maximum absolute atomic E-state index is 13.1. The zero-order valence-electron chi connectivity index (χ0n) is 12.9. The quantitative estimate of drug-likeness (QED) is 0.589. The van der Waals surface area contributed by atoms with Gasteiger partial charge in [0.2, 0.25) is 11.7 Å². The molecule has 4 aromatic rings. The topological polar surface area (TPSA) is 75.1 Å². The Morgan fingerprint density at radius 1 is 1.17 bits per heavy atom. The molecule has 0 radical (unpaired) electrons. The monoisotopic (exact) mass is 337 g/mol. The molecule has 0 aliphatic heterocycles. The van der Waals surface area contributed by atoms with Crippen LogP contribution in [0.25, 0.3) is 16.0 Å². The van der Waals surface area contributed by atoms with Crippen LogP contribution in [0.3, 0.4) is 0 Å². The summed E-state index contributed by atoms with van der Waals surface area (Å²) in [6.45, 7) is 0. The van der Waals surface area contributed by atoms with Gasteiger partial charge in [-0.25, -0.2) is 14.5 Å². The van der Waals surface area contributed by atoms with Crippen molar-refractivity contribution in [3.63, 3.8) is 0 Å². The number of benzene rings is 1. The number of fused-ring (bicyclic) bond motifs is 4. The average Bonchev–Trinajstić information content (AvgIpc) is 3.17. The molecule has 0 spiro atoms. The Labute approximate surface area is 141 Å². The van der Waals surface area contributed by atoms with E-state index in [1.165, 1.54) is 21.3 Å². The average molecular weight is 337 g/mol. The molecule has 1 aliphatic rings. The number of aromatic nitrogens is 4. The first-order valence-electron chi connectivity index (χ1n) is 8.05. The largest absolute Gasteiger partial charge is 0.324 e. The van der Waals surface area contributed by atoms with E-state index in [1.807, 2.05) is 30.3 Å². The van der Waals surface area contributed by atoms with Crippen molar-refractivity contribution in [1.82, 2.24) is 19.6 Å². The van der Waals surface area contributed by atoms with Crippen LogP contribution in [0.1, 0.15) is 23.3 Å². The first kappa shape index (κ1) is 13.7. The summed E-state index contributed by atoms with van der Waals surface area (Å²) in [5.41, 5.74) is 2.03. The van der Waals surface area contributed by atoms with E-state index in [0.717, 1.165) is 35.2 Å². The number of H-pyrrole nitrogens is 1. The number of aryl methyl sites for hydroxylation is 2. The summed E-state index contributed by atoms with van der Waals surface area (Å²) in [6.07, 6.45) is 4.36. The van der Waals surface area contributed by atoms with Gasteiger partial charge in [0.15, 0.2) is 0 Å². The summed E-state index contributed by atoms with van der Waals surface area (Å²) in [6, 6.07) is 9.69. The van der Waals surface area contributed by atoms with Crippen LogP contribution >= 0.6 is 11.3 Å². The van der Waals surface area contributed by atoms with E-state index in [0.29, 0.717) is 11.7 Å². The van der Waals surface area contributed by atoms with Crippen molar-refractivity contribution in [2.75, 3.05) is 5.32 Å². The number of hydrogen-bond acceptors (Lipinski definition) is 5. The third-order valence-electron chi connectivity index (χ3n) is 4.49. The van der Waals surface area contributed by atoms with Gasteiger partial charge in [-0.3, -0.25) is 4.79 Å². The van der Waals surface area contributed by atoms with Crippen molar-refractivity contribution in [3.8, 4) is 0 Å². The maximum Gasteiger partial charge on any atom is 0.271 e. The van der Waals surface area contributed by atoms with E-state index in [-0.39, 0.29) is 5.56 Å². The Hall–Kier alpha value is -2.67.